The third-order valence-corrected chi connectivity index (χ3v) is 5.90. The fourth-order valence-corrected chi connectivity index (χ4v) is 4.32. The summed E-state index contributed by atoms with van der Waals surface area (Å²) in [5.74, 6) is 1.55. The topological polar surface area (TPSA) is 30.5 Å². The number of hydrogen-bond donors (Lipinski definition) is 1. The van der Waals surface area contributed by atoms with E-state index in [2.05, 4.69) is 17.4 Å². The fraction of sp³-hybridized carbons (Fsp3) is 0.455. The molecule has 1 atom stereocenters. The van der Waals surface area contributed by atoms with Crippen molar-refractivity contribution in [2.75, 3.05) is 13.1 Å². The summed E-state index contributed by atoms with van der Waals surface area (Å²) >= 11 is 12.9. The molecular weight excluding hydrogens is 381 g/mol. The highest BCUT2D eigenvalue weighted by Crippen LogP contribution is 2.32. The Balaban J connectivity index is 1.40. The normalized spacial score (nSPS) is 20.1. The highest BCUT2D eigenvalue weighted by Gasteiger charge is 2.19. The number of ether oxygens (including phenoxy) is 2. The van der Waals surface area contributed by atoms with Crippen molar-refractivity contribution >= 4 is 23.2 Å². The van der Waals surface area contributed by atoms with Gasteiger partial charge in [-0.1, -0.05) is 35.3 Å². The van der Waals surface area contributed by atoms with Gasteiger partial charge in [-0.25, -0.2) is 0 Å². The minimum atomic E-state index is 0.208. The molecule has 1 aliphatic carbocycles. The number of benzene rings is 2. The summed E-state index contributed by atoms with van der Waals surface area (Å²) < 4.78 is 12.0. The van der Waals surface area contributed by atoms with Crippen LogP contribution in [-0.2, 0) is 6.42 Å². The van der Waals surface area contributed by atoms with Crippen LogP contribution in [-0.4, -0.2) is 25.3 Å². The lowest BCUT2D eigenvalue weighted by molar-refractivity contribution is 0.210. The highest BCUT2D eigenvalue weighted by molar-refractivity contribution is 6.32. The van der Waals surface area contributed by atoms with Gasteiger partial charge in [-0.15, -0.1) is 0 Å². The van der Waals surface area contributed by atoms with Crippen molar-refractivity contribution in [2.45, 2.75) is 50.7 Å². The van der Waals surface area contributed by atoms with Gasteiger partial charge in [0, 0.05) is 6.54 Å². The van der Waals surface area contributed by atoms with Crippen molar-refractivity contribution in [1.29, 1.82) is 0 Å². The second-order valence-corrected chi connectivity index (χ2v) is 8.28. The third-order valence-electron chi connectivity index (χ3n) is 5.31. The predicted octanol–water partition coefficient (Wildman–Crippen LogP) is 5.65. The Kier molecular flexibility index (Phi) is 6.11. The number of halogens is 2. The van der Waals surface area contributed by atoms with Gasteiger partial charge < -0.3 is 14.8 Å². The van der Waals surface area contributed by atoms with E-state index in [9.17, 15) is 0 Å². The molecule has 2 aromatic carbocycles. The van der Waals surface area contributed by atoms with Gasteiger partial charge in [0.15, 0.2) is 0 Å². The van der Waals surface area contributed by atoms with Crippen molar-refractivity contribution in [1.82, 2.24) is 5.32 Å². The molecular formula is C22H25Cl2NO2. The van der Waals surface area contributed by atoms with Crippen LogP contribution in [0.1, 0.15) is 43.2 Å². The smallest absolute Gasteiger partial charge is 0.138 e. The van der Waals surface area contributed by atoms with Crippen LogP contribution in [0.2, 0.25) is 10.0 Å². The first-order valence-electron chi connectivity index (χ1n) is 9.78. The van der Waals surface area contributed by atoms with E-state index in [1.165, 1.54) is 12.8 Å². The molecule has 2 aromatic rings. The molecule has 3 nitrogen and oxygen atoms in total. The van der Waals surface area contributed by atoms with E-state index in [1.807, 2.05) is 24.3 Å². The fourth-order valence-electron chi connectivity index (χ4n) is 3.83. The zero-order valence-corrected chi connectivity index (χ0v) is 16.9. The van der Waals surface area contributed by atoms with Crippen LogP contribution >= 0.6 is 23.2 Å². The van der Waals surface area contributed by atoms with E-state index < -0.39 is 0 Å². The van der Waals surface area contributed by atoms with Crippen molar-refractivity contribution < 1.29 is 9.47 Å². The largest absolute Gasteiger partial charge is 0.489 e. The number of hydrogen-bond acceptors (Lipinski definition) is 3. The molecule has 1 aliphatic heterocycles. The molecule has 1 unspecified atom stereocenters. The Morgan fingerprint density at radius 1 is 0.815 bits per heavy atom. The number of rotatable bonds is 6. The quantitative estimate of drug-likeness (QED) is 0.673. The average molecular weight is 406 g/mol. The van der Waals surface area contributed by atoms with Crippen LogP contribution in [0.25, 0.3) is 0 Å². The van der Waals surface area contributed by atoms with Gasteiger partial charge in [-0.2, -0.15) is 0 Å². The molecule has 0 bridgehead atoms. The molecule has 1 saturated heterocycles. The second-order valence-electron chi connectivity index (χ2n) is 7.46. The summed E-state index contributed by atoms with van der Waals surface area (Å²) in [6.45, 7) is 1.88. The zero-order valence-electron chi connectivity index (χ0n) is 15.3. The van der Waals surface area contributed by atoms with Gasteiger partial charge in [-0.05, 0) is 80.5 Å². The SMILES string of the molecule is Clc1cc(Cc2ccc(OC3CCNC3)c(Cl)c2)ccc1OC1CCCC1. The lowest BCUT2D eigenvalue weighted by atomic mass is 10.0. The van der Waals surface area contributed by atoms with Crippen molar-refractivity contribution in [3.8, 4) is 11.5 Å². The van der Waals surface area contributed by atoms with Gasteiger partial charge in [0.05, 0.1) is 16.1 Å². The van der Waals surface area contributed by atoms with Crippen molar-refractivity contribution in [2.24, 2.45) is 0 Å². The molecule has 144 valence electrons. The Bertz CT molecular complexity index is 718. The molecule has 0 amide bonds. The summed E-state index contributed by atoms with van der Waals surface area (Å²) in [5.41, 5.74) is 2.28. The molecule has 4 rings (SSSR count). The highest BCUT2D eigenvalue weighted by atomic mass is 35.5. The van der Waals surface area contributed by atoms with Crippen LogP contribution in [0.3, 0.4) is 0 Å². The molecule has 2 fully saturated rings. The van der Waals surface area contributed by atoms with Crippen LogP contribution in [0, 0.1) is 0 Å². The standard InChI is InChI=1S/C22H25Cl2NO2/c23-19-12-15(5-7-21(19)26-17-3-1-2-4-17)11-16-6-8-22(20(24)13-16)27-18-9-10-25-14-18/h5-8,12-13,17-18,25H,1-4,9-11,14H2. The Morgan fingerprint density at radius 2 is 1.41 bits per heavy atom. The maximum absolute atomic E-state index is 6.45. The summed E-state index contributed by atoms with van der Waals surface area (Å²) in [6, 6.07) is 12.1. The van der Waals surface area contributed by atoms with Gasteiger partial charge in [0.1, 0.15) is 17.6 Å². The van der Waals surface area contributed by atoms with Crippen LogP contribution in [0.5, 0.6) is 11.5 Å². The maximum Gasteiger partial charge on any atom is 0.138 e. The molecule has 2 aliphatic rings. The minimum absolute atomic E-state index is 0.208. The first-order valence-corrected chi connectivity index (χ1v) is 10.5. The monoisotopic (exact) mass is 405 g/mol. The summed E-state index contributed by atoms with van der Waals surface area (Å²) in [5, 5.41) is 4.64. The predicted molar refractivity (Wildman–Crippen MR) is 110 cm³/mol. The van der Waals surface area contributed by atoms with Crippen LogP contribution in [0.4, 0.5) is 0 Å². The maximum atomic E-state index is 6.45. The molecule has 1 N–H and O–H groups in total. The molecule has 1 heterocycles. The van der Waals surface area contributed by atoms with E-state index >= 15 is 0 Å². The van der Waals surface area contributed by atoms with E-state index in [0.29, 0.717) is 16.1 Å². The average Bonchev–Trinajstić information content (AvgIpc) is 3.34. The Labute approximate surface area is 171 Å². The lowest BCUT2D eigenvalue weighted by Crippen LogP contribution is -2.19. The van der Waals surface area contributed by atoms with Gasteiger partial charge >= 0.3 is 0 Å². The van der Waals surface area contributed by atoms with Crippen LogP contribution in [0.15, 0.2) is 36.4 Å². The van der Waals surface area contributed by atoms with Gasteiger partial charge in [0.2, 0.25) is 0 Å². The molecule has 0 aromatic heterocycles. The van der Waals surface area contributed by atoms with Gasteiger partial charge in [0.25, 0.3) is 0 Å². The molecule has 27 heavy (non-hydrogen) atoms. The summed E-state index contributed by atoms with van der Waals surface area (Å²) in [6.07, 6.45) is 7.06. The van der Waals surface area contributed by atoms with Crippen molar-refractivity contribution in [3.05, 3.63) is 57.6 Å². The Hall–Kier alpha value is -1.42. The minimum Gasteiger partial charge on any atom is -0.489 e. The number of nitrogens with one attached hydrogen (secondary N) is 1. The van der Waals surface area contributed by atoms with Crippen LogP contribution < -0.4 is 14.8 Å². The molecule has 5 heteroatoms. The van der Waals surface area contributed by atoms with E-state index in [0.717, 1.165) is 61.4 Å². The second kappa shape index (κ2) is 8.72. The Morgan fingerprint density at radius 3 is 1.93 bits per heavy atom. The molecule has 0 spiro atoms. The van der Waals surface area contributed by atoms with E-state index in [1.54, 1.807) is 0 Å². The summed E-state index contributed by atoms with van der Waals surface area (Å²) in [4.78, 5) is 0. The first-order chi connectivity index (χ1) is 13.2. The zero-order chi connectivity index (χ0) is 18.6. The third kappa shape index (κ3) is 4.90. The van der Waals surface area contributed by atoms with E-state index in [-0.39, 0.29) is 6.10 Å². The lowest BCUT2D eigenvalue weighted by Gasteiger charge is -2.16. The van der Waals surface area contributed by atoms with Gasteiger partial charge in [-0.3, -0.25) is 0 Å². The summed E-state index contributed by atoms with van der Waals surface area (Å²) in [7, 11) is 0. The molecule has 1 saturated carbocycles. The molecule has 0 radical (unpaired) electrons. The van der Waals surface area contributed by atoms with Crippen molar-refractivity contribution in [3.63, 3.8) is 0 Å². The van der Waals surface area contributed by atoms with E-state index in [4.69, 9.17) is 32.7 Å². The first kappa shape index (κ1) is 18.9.